The molecule has 0 bridgehead atoms. The Hall–Kier alpha value is -0.310. The van der Waals surface area contributed by atoms with Crippen molar-refractivity contribution in [1.29, 1.82) is 0 Å². The van der Waals surface area contributed by atoms with Gasteiger partial charge in [-0.05, 0) is 31.3 Å². The van der Waals surface area contributed by atoms with E-state index in [0.717, 1.165) is 35.7 Å². The molecule has 8 heteroatoms. The van der Waals surface area contributed by atoms with Gasteiger partial charge < -0.3 is 5.73 Å². The fourth-order valence-corrected chi connectivity index (χ4v) is 5.47. The van der Waals surface area contributed by atoms with Crippen LogP contribution >= 0.6 is 23.1 Å². The number of sulfonamides is 1. The lowest BCUT2D eigenvalue weighted by Crippen LogP contribution is -2.37. The number of nitrogens with zero attached hydrogens (tertiary/aromatic N) is 1. The summed E-state index contributed by atoms with van der Waals surface area (Å²) in [5.41, 5.74) is 6.00. The van der Waals surface area contributed by atoms with E-state index in [4.69, 9.17) is 5.73 Å². The summed E-state index contributed by atoms with van der Waals surface area (Å²) in [4.78, 5) is 3.94. The highest BCUT2D eigenvalue weighted by atomic mass is 32.2. The number of anilines is 1. The number of hydrogen-bond donors (Lipinski definition) is 2. The minimum absolute atomic E-state index is 0.0453. The number of nitrogens with two attached hydrogens (primary N) is 1. The zero-order valence-electron chi connectivity index (χ0n) is 9.47. The molecule has 3 N–H and O–H groups in total. The number of aryl methyl sites for hydroxylation is 1. The van der Waals surface area contributed by atoms with Crippen LogP contribution in [0.5, 0.6) is 0 Å². The van der Waals surface area contributed by atoms with Gasteiger partial charge >= 0.3 is 0 Å². The Morgan fingerprint density at radius 1 is 1.41 bits per heavy atom. The molecule has 0 aromatic carbocycles. The minimum atomic E-state index is -3.45. The first-order chi connectivity index (χ1) is 7.99. The van der Waals surface area contributed by atoms with Crippen molar-refractivity contribution in [2.75, 3.05) is 17.2 Å². The average molecular weight is 293 g/mol. The lowest BCUT2D eigenvalue weighted by molar-refractivity contribution is 0.530. The van der Waals surface area contributed by atoms with Crippen molar-refractivity contribution in [1.82, 2.24) is 9.71 Å². The average Bonchev–Trinajstić information content (AvgIpc) is 2.59. The van der Waals surface area contributed by atoms with Gasteiger partial charge in [0.1, 0.15) is 0 Å². The molecule has 0 unspecified atom stereocenters. The maximum atomic E-state index is 12.1. The number of nitrogens with one attached hydrogen (secondary N) is 1. The highest BCUT2D eigenvalue weighted by molar-refractivity contribution is 7.99. The summed E-state index contributed by atoms with van der Waals surface area (Å²) in [6, 6.07) is 0.0453. The van der Waals surface area contributed by atoms with Crippen molar-refractivity contribution in [2.24, 2.45) is 0 Å². The monoisotopic (exact) mass is 293 g/mol. The third-order valence-electron chi connectivity index (χ3n) is 2.56. The van der Waals surface area contributed by atoms with Gasteiger partial charge in [0.25, 0.3) is 10.0 Å². The molecule has 1 aliphatic rings. The second kappa shape index (κ2) is 5.13. The van der Waals surface area contributed by atoms with Crippen LogP contribution in [0.2, 0.25) is 0 Å². The summed E-state index contributed by atoms with van der Waals surface area (Å²) < 4.78 is 27.2. The Bertz CT molecular complexity index is 492. The molecule has 5 nitrogen and oxygen atoms in total. The summed E-state index contributed by atoms with van der Waals surface area (Å²) in [6.07, 6.45) is 1.77. The van der Waals surface area contributed by atoms with Gasteiger partial charge in [0, 0.05) is 6.04 Å². The summed E-state index contributed by atoms with van der Waals surface area (Å²) in [5.74, 6) is 2.02. The summed E-state index contributed by atoms with van der Waals surface area (Å²) >= 11 is 2.88. The number of thiazole rings is 1. The molecule has 1 aliphatic heterocycles. The van der Waals surface area contributed by atoms with Crippen molar-refractivity contribution < 1.29 is 8.42 Å². The first kappa shape index (κ1) is 13.1. The van der Waals surface area contributed by atoms with Crippen molar-refractivity contribution in [3.05, 3.63) is 5.69 Å². The van der Waals surface area contributed by atoms with Crippen LogP contribution in [0.15, 0.2) is 4.21 Å². The van der Waals surface area contributed by atoms with Gasteiger partial charge in [-0.2, -0.15) is 11.8 Å². The number of rotatable bonds is 3. The topological polar surface area (TPSA) is 85.1 Å². The van der Waals surface area contributed by atoms with Crippen LogP contribution in [0.3, 0.4) is 0 Å². The molecule has 0 amide bonds. The third-order valence-corrected chi connectivity index (χ3v) is 6.72. The first-order valence-corrected chi connectivity index (χ1v) is 8.77. The van der Waals surface area contributed by atoms with Crippen LogP contribution in [0.4, 0.5) is 5.13 Å². The molecule has 1 saturated heterocycles. The number of nitrogen functional groups attached to an aromatic ring is 1. The van der Waals surface area contributed by atoms with E-state index in [0.29, 0.717) is 10.8 Å². The van der Waals surface area contributed by atoms with Crippen LogP contribution in [-0.2, 0) is 10.0 Å². The van der Waals surface area contributed by atoms with Crippen LogP contribution < -0.4 is 10.5 Å². The smallest absolute Gasteiger partial charge is 0.252 e. The zero-order valence-corrected chi connectivity index (χ0v) is 11.9. The molecule has 0 spiro atoms. The Balaban J connectivity index is 2.15. The number of thioether (sulfide) groups is 1. The third kappa shape index (κ3) is 3.12. The van der Waals surface area contributed by atoms with Crippen LogP contribution in [0, 0.1) is 6.92 Å². The van der Waals surface area contributed by atoms with E-state index in [1.54, 1.807) is 6.92 Å². The first-order valence-electron chi connectivity index (χ1n) is 5.32. The lowest BCUT2D eigenvalue weighted by Gasteiger charge is -2.21. The zero-order chi connectivity index (χ0) is 12.5. The number of hydrogen-bond acceptors (Lipinski definition) is 6. The summed E-state index contributed by atoms with van der Waals surface area (Å²) in [6.45, 7) is 1.66. The van der Waals surface area contributed by atoms with Gasteiger partial charge in [-0.1, -0.05) is 11.3 Å². The minimum Gasteiger partial charge on any atom is -0.375 e. The molecular formula is C9H15N3O2S3. The van der Waals surface area contributed by atoms with E-state index in [-0.39, 0.29) is 10.3 Å². The molecule has 2 rings (SSSR count). The molecule has 1 fully saturated rings. The SMILES string of the molecule is Cc1nc(N)sc1S(=O)(=O)NC1CCSCC1. The van der Waals surface area contributed by atoms with Crippen molar-refractivity contribution in [3.8, 4) is 0 Å². The standard InChI is InChI=1S/C9H15N3O2S3/c1-6-8(16-9(10)11-6)17(13,14)12-7-2-4-15-5-3-7/h7,12H,2-5H2,1H3,(H2,10,11). The quantitative estimate of drug-likeness (QED) is 0.875. The highest BCUT2D eigenvalue weighted by Gasteiger charge is 2.25. The molecule has 2 heterocycles. The molecule has 0 radical (unpaired) electrons. The summed E-state index contributed by atoms with van der Waals surface area (Å²) in [7, 11) is -3.45. The Kier molecular flexibility index (Phi) is 3.96. The molecule has 17 heavy (non-hydrogen) atoms. The Morgan fingerprint density at radius 2 is 2.06 bits per heavy atom. The predicted molar refractivity (Wildman–Crippen MR) is 71.9 cm³/mol. The van der Waals surface area contributed by atoms with E-state index in [9.17, 15) is 8.42 Å². The van der Waals surface area contributed by atoms with E-state index < -0.39 is 10.0 Å². The molecular weight excluding hydrogens is 278 g/mol. The lowest BCUT2D eigenvalue weighted by atomic mass is 10.2. The van der Waals surface area contributed by atoms with Gasteiger partial charge in [0.15, 0.2) is 9.34 Å². The normalized spacial score (nSPS) is 18.4. The second-order valence-corrected chi connectivity index (χ2v) is 8.10. The van der Waals surface area contributed by atoms with Crippen LogP contribution in [0.1, 0.15) is 18.5 Å². The van der Waals surface area contributed by atoms with Crippen molar-refractivity contribution in [2.45, 2.75) is 30.0 Å². The summed E-state index contributed by atoms with van der Waals surface area (Å²) in [5, 5.41) is 0.294. The van der Waals surface area contributed by atoms with Crippen molar-refractivity contribution in [3.63, 3.8) is 0 Å². The molecule has 0 saturated carbocycles. The predicted octanol–water partition coefficient (Wildman–Crippen LogP) is 1.21. The highest BCUT2D eigenvalue weighted by Crippen LogP contribution is 2.26. The van der Waals surface area contributed by atoms with E-state index in [1.807, 2.05) is 11.8 Å². The van der Waals surface area contributed by atoms with Crippen LogP contribution in [0.25, 0.3) is 0 Å². The van der Waals surface area contributed by atoms with Gasteiger partial charge in [0.05, 0.1) is 5.69 Å². The van der Waals surface area contributed by atoms with Crippen LogP contribution in [-0.4, -0.2) is 30.9 Å². The molecule has 1 aromatic heterocycles. The molecule has 96 valence electrons. The van der Waals surface area contributed by atoms with E-state index in [2.05, 4.69) is 9.71 Å². The van der Waals surface area contributed by atoms with Gasteiger partial charge in [0.2, 0.25) is 0 Å². The Labute approximate surface area is 109 Å². The van der Waals surface area contributed by atoms with E-state index in [1.165, 1.54) is 0 Å². The fourth-order valence-electron chi connectivity index (χ4n) is 1.74. The van der Waals surface area contributed by atoms with Gasteiger partial charge in [-0.15, -0.1) is 0 Å². The molecule has 0 atom stereocenters. The Morgan fingerprint density at radius 3 is 2.59 bits per heavy atom. The maximum Gasteiger partial charge on any atom is 0.252 e. The van der Waals surface area contributed by atoms with Gasteiger partial charge in [-0.3, -0.25) is 0 Å². The second-order valence-electron chi connectivity index (χ2n) is 3.93. The largest absolute Gasteiger partial charge is 0.375 e. The maximum absolute atomic E-state index is 12.1. The molecule has 0 aliphatic carbocycles. The van der Waals surface area contributed by atoms with E-state index >= 15 is 0 Å². The van der Waals surface area contributed by atoms with Gasteiger partial charge in [-0.25, -0.2) is 18.1 Å². The van der Waals surface area contributed by atoms with Crippen molar-refractivity contribution >= 4 is 38.3 Å². The fraction of sp³-hybridized carbons (Fsp3) is 0.667. The number of aromatic nitrogens is 1. The molecule has 1 aromatic rings.